The molecule has 2 aliphatic rings. The van der Waals surface area contributed by atoms with Crippen LogP contribution in [0.25, 0.3) is 0 Å². The van der Waals surface area contributed by atoms with E-state index in [-0.39, 0.29) is 22.2 Å². The maximum Gasteiger partial charge on any atom is 0.142 e. The summed E-state index contributed by atoms with van der Waals surface area (Å²) in [5, 5.41) is 18.2. The minimum Gasteiger partial charge on any atom is -0.507 e. The molecule has 144 valence electrons. The van der Waals surface area contributed by atoms with E-state index in [4.69, 9.17) is 22.7 Å². The summed E-state index contributed by atoms with van der Waals surface area (Å²) < 4.78 is 13.7. The number of phenols is 1. The average Bonchev–Trinajstić information content (AvgIpc) is 2.64. The molecule has 2 fully saturated rings. The van der Waals surface area contributed by atoms with Crippen molar-refractivity contribution in [2.24, 2.45) is 11.7 Å². The number of aromatic hydroxyl groups is 1. The van der Waals surface area contributed by atoms with E-state index in [1.807, 2.05) is 4.90 Å². The third-order valence-corrected chi connectivity index (χ3v) is 6.02. The quantitative estimate of drug-likeness (QED) is 0.552. The van der Waals surface area contributed by atoms with Crippen molar-refractivity contribution in [2.45, 2.75) is 38.1 Å². The molecule has 0 atom stereocenters. The number of hydrogen-bond acceptors (Lipinski definition) is 4. The summed E-state index contributed by atoms with van der Waals surface area (Å²) in [4.78, 5) is 4.32. The van der Waals surface area contributed by atoms with Crippen LogP contribution < -0.4 is 5.73 Å². The fraction of sp³-hybridized carbons (Fsp3) is 0.632. The lowest BCUT2D eigenvalue weighted by molar-refractivity contribution is 0.164. The first-order valence-corrected chi connectivity index (χ1v) is 9.81. The number of benzene rings is 1. The highest BCUT2D eigenvalue weighted by Gasteiger charge is 2.24. The summed E-state index contributed by atoms with van der Waals surface area (Å²) in [6, 6.07) is 2.70. The summed E-state index contributed by atoms with van der Waals surface area (Å²) in [6.07, 6.45) is 6.00. The molecule has 0 bridgehead atoms. The van der Waals surface area contributed by atoms with Crippen molar-refractivity contribution in [1.29, 1.82) is 5.41 Å². The third-order valence-electron chi connectivity index (χ3n) is 5.73. The molecule has 4 N–H and O–H groups in total. The molecule has 0 radical (unpaired) electrons. The van der Waals surface area contributed by atoms with Gasteiger partial charge in [0, 0.05) is 38.3 Å². The van der Waals surface area contributed by atoms with Crippen molar-refractivity contribution in [1.82, 2.24) is 9.80 Å². The molecule has 0 unspecified atom stereocenters. The molecule has 1 heterocycles. The van der Waals surface area contributed by atoms with E-state index in [2.05, 4.69) is 4.90 Å². The minimum absolute atomic E-state index is 0.132. The smallest absolute Gasteiger partial charge is 0.142 e. The summed E-state index contributed by atoms with van der Waals surface area (Å²) in [5.41, 5.74) is 6.16. The molecule has 1 aliphatic heterocycles. The molecule has 1 aromatic rings. The van der Waals surface area contributed by atoms with Gasteiger partial charge < -0.3 is 15.7 Å². The zero-order chi connectivity index (χ0) is 18.7. The Morgan fingerprint density at radius 1 is 1.19 bits per heavy atom. The Morgan fingerprint density at radius 2 is 1.85 bits per heavy atom. The lowest BCUT2D eigenvalue weighted by Gasteiger charge is -2.37. The van der Waals surface area contributed by atoms with Crippen molar-refractivity contribution in [3.05, 3.63) is 28.5 Å². The Balaban J connectivity index is 1.47. The van der Waals surface area contributed by atoms with Crippen LogP contribution in [0.4, 0.5) is 4.39 Å². The maximum absolute atomic E-state index is 13.7. The van der Waals surface area contributed by atoms with Crippen LogP contribution in [0.2, 0.25) is 5.02 Å². The van der Waals surface area contributed by atoms with Crippen LogP contribution in [0.15, 0.2) is 12.1 Å². The number of piperazine rings is 1. The van der Waals surface area contributed by atoms with E-state index in [0.717, 1.165) is 50.5 Å². The first kappa shape index (κ1) is 19.4. The van der Waals surface area contributed by atoms with Crippen LogP contribution in [0.5, 0.6) is 5.75 Å². The van der Waals surface area contributed by atoms with Gasteiger partial charge in [0.2, 0.25) is 0 Å². The van der Waals surface area contributed by atoms with E-state index in [9.17, 15) is 9.50 Å². The first-order valence-electron chi connectivity index (χ1n) is 9.44. The van der Waals surface area contributed by atoms with E-state index < -0.39 is 5.82 Å². The number of nitrogens with zero attached hydrogens (tertiary/aromatic N) is 2. The summed E-state index contributed by atoms with van der Waals surface area (Å²) in [7, 11) is 0. The number of rotatable bonds is 4. The highest BCUT2D eigenvalue weighted by atomic mass is 35.5. The molecular weight excluding hydrogens is 355 g/mol. The van der Waals surface area contributed by atoms with Gasteiger partial charge in [-0.25, -0.2) is 4.39 Å². The van der Waals surface area contributed by atoms with Crippen LogP contribution in [0.1, 0.15) is 37.7 Å². The standard InChI is InChI=1S/C19H28ClFN4O/c20-16-12-18(26)15(11-17(16)21)19(23)25-9-7-24(8-10-25)6-5-13-1-3-14(22)4-2-13/h11-14,23,26H,1-10,22H2. The van der Waals surface area contributed by atoms with E-state index in [1.165, 1.54) is 19.3 Å². The van der Waals surface area contributed by atoms with Crippen LogP contribution in [0.3, 0.4) is 0 Å². The molecule has 5 nitrogen and oxygen atoms in total. The van der Waals surface area contributed by atoms with Crippen molar-refractivity contribution >= 4 is 17.4 Å². The van der Waals surface area contributed by atoms with Crippen molar-refractivity contribution < 1.29 is 9.50 Å². The van der Waals surface area contributed by atoms with Gasteiger partial charge in [-0.15, -0.1) is 0 Å². The van der Waals surface area contributed by atoms with Crippen molar-refractivity contribution in [2.75, 3.05) is 32.7 Å². The second-order valence-electron chi connectivity index (χ2n) is 7.53. The molecule has 1 saturated heterocycles. The normalized spacial score (nSPS) is 24.7. The number of hydrogen-bond donors (Lipinski definition) is 3. The summed E-state index contributed by atoms with van der Waals surface area (Å²) in [5.74, 6) is 0.175. The largest absolute Gasteiger partial charge is 0.507 e. The van der Waals surface area contributed by atoms with Gasteiger partial charge in [0.15, 0.2) is 0 Å². The Morgan fingerprint density at radius 3 is 2.50 bits per heavy atom. The molecule has 26 heavy (non-hydrogen) atoms. The zero-order valence-corrected chi connectivity index (χ0v) is 15.8. The molecule has 1 saturated carbocycles. The van der Waals surface area contributed by atoms with Gasteiger partial charge in [0.1, 0.15) is 17.4 Å². The SMILES string of the molecule is N=C(c1cc(F)c(Cl)cc1O)N1CCN(CCC2CCC(N)CC2)CC1. The first-order chi connectivity index (χ1) is 12.4. The highest BCUT2D eigenvalue weighted by Crippen LogP contribution is 2.28. The molecule has 3 rings (SSSR count). The van der Waals surface area contributed by atoms with Crippen LogP contribution in [-0.2, 0) is 0 Å². The predicted octanol–water partition coefficient (Wildman–Crippen LogP) is 3.04. The maximum atomic E-state index is 13.7. The summed E-state index contributed by atoms with van der Waals surface area (Å²) >= 11 is 5.67. The van der Waals surface area contributed by atoms with Gasteiger partial charge >= 0.3 is 0 Å². The molecule has 0 aromatic heterocycles. The van der Waals surface area contributed by atoms with E-state index >= 15 is 0 Å². The molecule has 7 heteroatoms. The van der Waals surface area contributed by atoms with Gasteiger partial charge in [-0.1, -0.05) is 11.6 Å². The third kappa shape index (κ3) is 4.67. The van der Waals surface area contributed by atoms with Gasteiger partial charge in [0.25, 0.3) is 0 Å². The molecule has 1 aliphatic carbocycles. The monoisotopic (exact) mass is 382 g/mol. The minimum atomic E-state index is -0.616. The summed E-state index contributed by atoms with van der Waals surface area (Å²) in [6.45, 7) is 4.26. The Kier molecular flexibility index (Phi) is 6.37. The average molecular weight is 383 g/mol. The van der Waals surface area contributed by atoms with Crippen LogP contribution in [0, 0.1) is 17.1 Å². The second-order valence-corrected chi connectivity index (χ2v) is 7.94. The van der Waals surface area contributed by atoms with E-state index in [0.29, 0.717) is 19.1 Å². The van der Waals surface area contributed by atoms with Crippen LogP contribution >= 0.6 is 11.6 Å². The second kappa shape index (κ2) is 8.55. The number of nitrogens with one attached hydrogen (secondary N) is 1. The number of amidine groups is 1. The van der Waals surface area contributed by atoms with Gasteiger partial charge in [0.05, 0.1) is 10.6 Å². The highest BCUT2D eigenvalue weighted by molar-refractivity contribution is 6.31. The topological polar surface area (TPSA) is 76.6 Å². The predicted molar refractivity (Wildman–Crippen MR) is 102 cm³/mol. The zero-order valence-electron chi connectivity index (χ0n) is 15.1. The lowest BCUT2D eigenvalue weighted by Crippen LogP contribution is -2.49. The van der Waals surface area contributed by atoms with Crippen molar-refractivity contribution in [3.63, 3.8) is 0 Å². The molecular formula is C19H28ClFN4O. The molecule has 1 aromatic carbocycles. The Bertz CT molecular complexity index is 641. The van der Waals surface area contributed by atoms with Gasteiger partial charge in [-0.05, 0) is 50.6 Å². The van der Waals surface area contributed by atoms with Gasteiger partial charge in [-0.2, -0.15) is 0 Å². The lowest BCUT2D eigenvalue weighted by atomic mass is 9.84. The molecule has 0 spiro atoms. The Hall–Kier alpha value is -1.37. The fourth-order valence-electron chi connectivity index (χ4n) is 3.93. The number of phenolic OH excluding ortho intramolecular Hbond substituents is 1. The fourth-order valence-corrected chi connectivity index (χ4v) is 4.09. The van der Waals surface area contributed by atoms with E-state index in [1.54, 1.807) is 0 Å². The van der Waals surface area contributed by atoms with Gasteiger partial charge in [-0.3, -0.25) is 10.3 Å². The Labute approximate surface area is 159 Å². The van der Waals surface area contributed by atoms with Crippen LogP contribution in [-0.4, -0.2) is 59.5 Å². The molecule has 0 amide bonds. The number of halogens is 2. The van der Waals surface area contributed by atoms with Crippen molar-refractivity contribution in [3.8, 4) is 5.75 Å². The number of nitrogens with two attached hydrogens (primary N) is 1.